The van der Waals surface area contributed by atoms with Crippen molar-refractivity contribution in [1.29, 1.82) is 0 Å². The summed E-state index contributed by atoms with van der Waals surface area (Å²) in [6, 6.07) is 14.0. The molecule has 0 spiro atoms. The highest BCUT2D eigenvalue weighted by molar-refractivity contribution is 5.94. The molecule has 24 heavy (non-hydrogen) atoms. The predicted molar refractivity (Wildman–Crippen MR) is 90.4 cm³/mol. The van der Waals surface area contributed by atoms with Gasteiger partial charge in [0.15, 0.2) is 0 Å². The van der Waals surface area contributed by atoms with Gasteiger partial charge in [0.1, 0.15) is 5.69 Å². The van der Waals surface area contributed by atoms with Gasteiger partial charge in [-0.3, -0.25) is 9.59 Å². The molecule has 0 aliphatic carbocycles. The van der Waals surface area contributed by atoms with Crippen LogP contribution in [0.5, 0.6) is 0 Å². The van der Waals surface area contributed by atoms with Gasteiger partial charge in [0.25, 0.3) is 5.91 Å². The first-order valence-electron chi connectivity index (χ1n) is 8.48. The third-order valence-corrected chi connectivity index (χ3v) is 5.13. The Bertz CT molecular complexity index is 768. The monoisotopic (exact) mass is 323 g/mol. The van der Waals surface area contributed by atoms with Crippen LogP contribution in [0.3, 0.4) is 0 Å². The molecule has 2 atom stereocenters. The molecule has 5 heteroatoms. The van der Waals surface area contributed by atoms with Gasteiger partial charge in [-0.05, 0) is 17.7 Å². The van der Waals surface area contributed by atoms with Gasteiger partial charge < -0.3 is 14.4 Å². The molecule has 1 saturated heterocycles. The number of likely N-dealkylation sites (tertiary alicyclic amines) is 1. The number of hydrogen-bond acceptors (Lipinski definition) is 2. The quantitative estimate of drug-likeness (QED) is 0.870. The number of carbonyl (C=O) groups excluding carboxylic acids is 2. The van der Waals surface area contributed by atoms with Crippen molar-refractivity contribution >= 4 is 11.8 Å². The van der Waals surface area contributed by atoms with Crippen molar-refractivity contribution in [1.82, 2.24) is 14.4 Å². The Morgan fingerprint density at radius 2 is 1.83 bits per heavy atom. The Morgan fingerprint density at radius 1 is 1.08 bits per heavy atom. The second-order valence-electron chi connectivity index (χ2n) is 6.51. The van der Waals surface area contributed by atoms with E-state index in [1.807, 2.05) is 65.4 Å². The van der Waals surface area contributed by atoms with Crippen molar-refractivity contribution in [2.24, 2.45) is 0 Å². The van der Waals surface area contributed by atoms with Crippen LogP contribution >= 0.6 is 0 Å². The normalized spacial score (nSPS) is 22.5. The summed E-state index contributed by atoms with van der Waals surface area (Å²) in [4.78, 5) is 29.0. The maximum atomic E-state index is 13.0. The Labute approximate surface area is 141 Å². The number of carbonyl (C=O) groups is 2. The summed E-state index contributed by atoms with van der Waals surface area (Å²) in [6.45, 7) is 3.77. The fourth-order valence-corrected chi connectivity index (χ4v) is 3.91. The number of aromatic nitrogens is 1. The second kappa shape index (κ2) is 5.82. The van der Waals surface area contributed by atoms with Gasteiger partial charge >= 0.3 is 0 Å². The van der Waals surface area contributed by atoms with Crippen LogP contribution in [0, 0.1) is 0 Å². The van der Waals surface area contributed by atoms with E-state index >= 15 is 0 Å². The molecule has 0 bridgehead atoms. The summed E-state index contributed by atoms with van der Waals surface area (Å²) in [5, 5.41) is 0. The van der Waals surface area contributed by atoms with Crippen LogP contribution in [0.25, 0.3) is 0 Å². The van der Waals surface area contributed by atoms with Gasteiger partial charge in [0, 0.05) is 32.3 Å². The fraction of sp³-hybridized carbons (Fsp3) is 0.368. The Morgan fingerprint density at radius 3 is 2.58 bits per heavy atom. The lowest BCUT2D eigenvalue weighted by molar-refractivity contribution is -0.130. The number of benzene rings is 1. The highest BCUT2D eigenvalue weighted by Crippen LogP contribution is 2.34. The van der Waals surface area contributed by atoms with Crippen LogP contribution in [0.2, 0.25) is 0 Å². The van der Waals surface area contributed by atoms with Gasteiger partial charge in [-0.1, -0.05) is 37.3 Å². The molecule has 2 amide bonds. The molecule has 3 heterocycles. The highest BCUT2D eigenvalue weighted by atomic mass is 16.2. The largest absolute Gasteiger partial charge is 0.338 e. The summed E-state index contributed by atoms with van der Waals surface area (Å²) in [5.41, 5.74) is 1.84. The average Bonchev–Trinajstić information content (AvgIpc) is 3.25. The lowest BCUT2D eigenvalue weighted by atomic mass is 10.0. The van der Waals surface area contributed by atoms with Crippen LogP contribution < -0.4 is 0 Å². The standard InChI is InChI=1S/C19H21N3O2/c1-2-18(23)20-12-16-17(13-20)22(11-14-7-4-3-5-8-14)19(24)15-9-6-10-21(15)16/h3-10,16-17H,2,11-13H2,1H3. The van der Waals surface area contributed by atoms with Gasteiger partial charge in [-0.25, -0.2) is 0 Å². The third-order valence-electron chi connectivity index (χ3n) is 5.13. The molecule has 2 aliphatic heterocycles. The summed E-state index contributed by atoms with van der Waals surface area (Å²) >= 11 is 0. The van der Waals surface area contributed by atoms with Crippen LogP contribution in [-0.2, 0) is 11.3 Å². The van der Waals surface area contributed by atoms with E-state index in [9.17, 15) is 9.59 Å². The smallest absolute Gasteiger partial charge is 0.271 e. The van der Waals surface area contributed by atoms with E-state index in [2.05, 4.69) is 4.57 Å². The molecule has 5 nitrogen and oxygen atoms in total. The van der Waals surface area contributed by atoms with Crippen LogP contribution in [0.4, 0.5) is 0 Å². The highest BCUT2D eigenvalue weighted by Gasteiger charge is 2.45. The number of fused-ring (bicyclic) bond motifs is 3. The second-order valence-corrected chi connectivity index (χ2v) is 6.51. The SMILES string of the molecule is CCC(=O)N1CC2C(C1)n1cccc1C(=O)N2Cc1ccccc1. The molecule has 124 valence electrons. The first-order chi connectivity index (χ1) is 11.7. The Balaban J connectivity index is 1.69. The molecule has 1 fully saturated rings. The summed E-state index contributed by atoms with van der Waals surface area (Å²) in [7, 11) is 0. The zero-order valence-electron chi connectivity index (χ0n) is 13.8. The van der Waals surface area contributed by atoms with Crippen molar-refractivity contribution in [2.45, 2.75) is 32.0 Å². The maximum absolute atomic E-state index is 13.0. The van der Waals surface area contributed by atoms with Gasteiger partial charge in [0.2, 0.25) is 5.91 Å². The summed E-state index contributed by atoms with van der Waals surface area (Å²) in [5.74, 6) is 0.209. The van der Waals surface area contributed by atoms with Crippen molar-refractivity contribution < 1.29 is 9.59 Å². The molecule has 0 saturated carbocycles. The molecular weight excluding hydrogens is 302 g/mol. The van der Waals surface area contributed by atoms with E-state index < -0.39 is 0 Å². The van der Waals surface area contributed by atoms with E-state index in [1.54, 1.807) is 0 Å². The number of hydrogen-bond donors (Lipinski definition) is 0. The molecule has 4 rings (SSSR count). The molecule has 0 radical (unpaired) electrons. The van der Waals surface area contributed by atoms with Gasteiger partial charge in [-0.15, -0.1) is 0 Å². The Kier molecular flexibility index (Phi) is 3.63. The summed E-state index contributed by atoms with van der Waals surface area (Å²) in [6.07, 6.45) is 2.47. The predicted octanol–water partition coefficient (Wildman–Crippen LogP) is 2.31. The Hall–Kier alpha value is -2.56. The molecule has 2 aliphatic rings. The molecule has 1 aromatic carbocycles. The van der Waals surface area contributed by atoms with E-state index in [0.29, 0.717) is 26.1 Å². The van der Waals surface area contributed by atoms with Crippen LogP contribution in [-0.4, -0.2) is 45.3 Å². The molecule has 2 unspecified atom stereocenters. The molecule has 1 aromatic heterocycles. The minimum Gasteiger partial charge on any atom is -0.338 e. The maximum Gasteiger partial charge on any atom is 0.271 e. The zero-order chi connectivity index (χ0) is 16.7. The topological polar surface area (TPSA) is 45.6 Å². The number of amides is 2. The third kappa shape index (κ3) is 2.31. The van der Waals surface area contributed by atoms with Gasteiger partial charge in [-0.2, -0.15) is 0 Å². The van der Waals surface area contributed by atoms with Crippen molar-refractivity contribution in [3.8, 4) is 0 Å². The minimum absolute atomic E-state index is 0.0353. The molecular formula is C19H21N3O2. The zero-order valence-corrected chi connectivity index (χ0v) is 13.8. The molecule has 0 N–H and O–H groups in total. The first-order valence-corrected chi connectivity index (χ1v) is 8.48. The van der Waals surface area contributed by atoms with E-state index in [4.69, 9.17) is 0 Å². The first kappa shape index (κ1) is 15.0. The number of rotatable bonds is 3. The van der Waals surface area contributed by atoms with Crippen molar-refractivity contribution in [2.75, 3.05) is 13.1 Å². The lowest BCUT2D eigenvalue weighted by Crippen LogP contribution is -2.49. The van der Waals surface area contributed by atoms with Gasteiger partial charge in [0.05, 0.1) is 12.1 Å². The fourth-order valence-electron chi connectivity index (χ4n) is 3.91. The summed E-state index contributed by atoms with van der Waals surface area (Å²) < 4.78 is 2.05. The van der Waals surface area contributed by atoms with Crippen molar-refractivity contribution in [3.63, 3.8) is 0 Å². The van der Waals surface area contributed by atoms with Crippen molar-refractivity contribution in [3.05, 3.63) is 59.9 Å². The lowest BCUT2D eigenvalue weighted by Gasteiger charge is -2.38. The molecule has 2 aromatic rings. The minimum atomic E-state index is 0.0353. The van der Waals surface area contributed by atoms with E-state index in [0.717, 1.165) is 11.3 Å². The van der Waals surface area contributed by atoms with E-state index in [1.165, 1.54) is 0 Å². The van der Waals surface area contributed by atoms with Crippen LogP contribution in [0.1, 0.15) is 35.4 Å². The number of nitrogens with zero attached hydrogens (tertiary/aromatic N) is 3. The van der Waals surface area contributed by atoms with Crippen LogP contribution in [0.15, 0.2) is 48.7 Å². The average molecular weight is 323 g/mol. The van der Waals surface area contributed by atoms with E-state index in [-0.39, 0.29) is 23.9 Å².